The summed E-state index contributed by atoms with van der Waals surface area (Å²) in [6, 6.07) is 12.7. The van der Waals surface area contributed by atoms with Gasteiger partial charge in [-0.25, -0.2) is 0 Å². The molecule has 0 spiro atoms. The van der Waals surface area contributed by atoms with Crippen molar-refractivity contribution in [3.05, 3.63) is 53.6 Å². The topological polar surface area (TPSA) is 98.7 Å². The number of anilines is 2. The molecule has 0 fully saturated rings. The third kappa shape index (κ3) is 5.69. The number of aryl methyl sites for hydroxylation is 1. The van der Waals surface area contributed by atoms with Gasteiger partial charge < -0.3 is 20.6 Å². The maximum absolute atomic E-state index is 12.6. The van der Waals surface area contributed by atoms with E-state index in [1.807, 2.05) is 38.3 Å². The van der Waals surface area contributed by atoms with E-state index >= 15 is 0 Å². The maximum Gasteiger partial charge on any atom is 0.313 e. The molecule has 8 heteroatoms. The first-order valence-electron chi connectivity index (χ1n) is 10.7. The van der Waals surface area contributed by atoms with Crippen LogP contribution in [-0.2, 0) is 20.8 Å². The zero-order chi connectivity index (χ0) is 23.3. The van der Waals surface area contributed by atoms with Gasteiger partial charge in [0.15, 0.2) is 0 Å². The van der Waals surface area contributed by atoms with E-state index < -0.39 is 17.9 Å². The second-order valence-corrected chi connectivity index (χ2v) is 8.92. The zero-order valence-electron chi connectivity index (χ0n) is 18.6. The van der Waals surface area contributed by atoms with Gasteiger partial charge in [-0.05, 0) is 54.5 Å². The van der Waals surface area contributed by atoms with Crippen molar-refractivity contribution in [1.82, 2.24) is 5.32 Å². The molecule has 3 rings (SSSR count). The Bertz CT molecular complexity index is 991. The predicted molar refractivity (Wildman–Crippen MR) is 127 cm³/mol. The van der Waals surface area contributed by atoms with E-state index in [2.05, 4.69) is 10.6 Å². The Hall–Kier alpha value is -2.84. The van der Waals surface area contributed by atoms with Gasteiger partial charge in [0, 0.05) is 35.3 Å². The Morgan fingerprint density at radius 3 is 2.47 bits per heavy atom. The Morgan fingerprint density at radius 1 is 1.09 bits per heavy atom. The number of carbonyl (C=O) groups is 3. The zero-order valence-corrected chi connectivity index (χ0v) is 19.4. The van der Waals surface area contributed by atoms with Crippen LogP contribution in [0, 0.1) is 5.92 Å². The summed E-state index contributed by atoms with van der Waals surface area (Å²) in [4.78, 5) is 40.0. The van der Waals surface area contributed by atoms with Crippen molar-refractivity contribution in [3.8, 4) is 0 Å². The summed E-state index contributed by atoms with van der Waals surface area (Å²) in [7, 11) is 0. The smallest absolute Gasteiger partial charge is 0.313 e. The van der Waals surface area contributed by atoms with Crippen molar-refractivity contribution >= 4 is 40.9 Å². The lowest BCUT2D eigenvalue weighted by Gasteiger charge is -2.31. The minimum atomic E-state index is -0.915. The number of nitrogens with zero attached hydrogens (tertiary/aromatic N) is 1. The molecule has 1 unspecified atom stereocenters. The number of hydrogen-bond acceptors (Lipinski definition) is 5. The van der Waals surface area contributed by atoms with Crippen LogP contribution >= 0.6 is 11.8 Å². The number of rotatable bonds is 6. The number of nitrogens with one attached hydrogen (secondary N) is 2. The molecule has 32 heavy (non-hydrogen) atoms. The van der Waals surface area contributed by atoms with Crippen LogP contribution in [0.3, 0.4) is 0 Å². The lowest BCUT2D eigenvalue weighted by Crippen LogP contribution is -2.39. The highest BCUT2D eigenvalue weighted by molar-refractivity contribution is 7.98. The number of amides is 3. The molecule has 1 atom stereocenters. The van der Waals surface area contributed by atoms with Crippen LogP contribution in [0.5, 0.6) is 0 Å². The molecular formula is C24H29N3O4S. The van der Waals surface area contributed by atoms with Gasteiger partial charge in [-0.15, -0.1) is 11.8 Å². The predicted octanol–water partition coefficient (Wildman–Crippen LogP) is 3.13. The first-order chi connectivity index (χ1) is 15.3. The third-order valence-electron chi connectivity index (χ3n) is 5.38. The van der Waals surface area contributed by atoms with Gasteiger partial charge in [-0.2, -0.15) is 0 Å². The Labute approximate surface area is 192 Å². The molecule has 7 nitrogen and oxygen atoms in total. The first-order valence-corrected chi connectivity index (χ1v) is 11.9. The van der Waals surface area contributed by atoms with Gasteiger partial charge in [0.05, 0.1) is 6.10 Å². The Balaban J connectivity index is 1.60. The van der Waals surface area contributed by atoms with Gasteiger partial charge in [-0.3, -0.25) is 14.4 Å². The van der Waals surface area contributed by atoms with Crippen LogP contribution < -0.4 is 15.5 Å². The quantitative estimate of drug-likeness (QED) is 0.459. The van der Waals surface area contributed by atoms with Gasteiger partial charge in [-0.1, -0.05) is 32.0 Å². The summed E-state index contributed by atoms with van der Waals surface area (Å²) < 4.78 is 0. The maximum atomic E-state index is 12.6. The van der Waals surface area contributed by atoms with Gasteiger partial charge in [0.1, 0.15) is 0 Å². The average Bonchev–Trinajstić information content (AvgIpc) is 2.81. The van der Waals surface area contributed by atoms with Crippen molar-refractivity contribution < 1.29 is 19.5 Å². The van der Waals surface area contributed by atoms with E-state index in [9.17, 15) is 19.5 Å². The number of fused-ring (bicyclic) bond motifs is 1. The molecule has 0 aromatic heterocycles. The monoisotopic (exact) mass is 455 g/mol. The van der Waals surface area contributed by atoms with Crippen LogP contribution in [0.4, 0.5) is 11.4 Å². The fraction of sp³-hybridized carbons (Fsp3) is 0.375. The van der Waals surface area contributed by atoms with Crippen LogP contribution in [0.1, 0.15) is 37.5 Å². The minimum absolute atomic E-state index is 0.0340. The van der Waals surface area contributed by atoms with E-state index in [-0.39, 0.29) is 18.4 Å². The molecule has 1 aliphatic heterocycles. The molecule has 0 saturated carbocycles. The van der Waals surface area contributed by atoms with E-state index in [1.54, 1.807) is 40.9 Å². The van der Waals surface area contributed by atoms with E-state index in [0.717, 1.165) is 29.0 Å². The number of aliphatic hydroxyl groups excluding tert-OH is 1. The lowest BCUT2D eigenvalue weighted by molar-refractivity contribution is -0.136. The molecule has 3 N–H and O–H groups in total. The molecule has 0 bridgehead atoms. The van der Waals surface area contributed by atoms with Crippen LogP contribution in [0.25, 0.3) is 0 Å². The van der Waals surface area contributed by atoms with Crippen molar-refractivity contribution in [2.75, 3.05) is 29.6 Å². The largest absolute Gasteiger partial charge is 0.387 e. The van der Waals surface area contributed by atoms with Crippen molar-refractivity contribution in [2.24, 2.45) is 5.92 Å². The minimum Gasteiger partial charge on any atom is -0.387 e. The summed E-state index contributed by atoms with van der Waals surface area (Å²) in [5, 5.41) is 15.3. The summed E-state index contributed by atoms with van der Waals surface area (Å²) >= 11 is 1.60. The standard InChI is InChI=1S/C24H29N3O4S/c1-15(2)24(31)27-12-4-5-16-6-9-18(13-20(16)27)26-23(30)22(29)25-14-21(28)17-7-10-19(32-3)11-8-17/h6-11,13,15,21,28H,4-5,12,14H2,1-3H3,(H,25,29)(H,26,30). The van der Waals surface area contributed by atoms with E-state index in [0.29, 0.717) is 17.8 Å². The SMILES string of the molecule is CSc1ccc(C(O)CNC(=O)C(=O)Nc2ccc3c(c2)N(C(=O)C(C)C)CCC3)cc1. The summed E-state index contributed by atoms with van der Waals surface area (Å²) in [5.41, 5.74) is 2.93. The van der Waals surface area contributed by atoms with Crippen molar-refractivity contribution in [3.63, 3.8) is 0 Å². The molecule has 2 aromatic rings. The normalized spacial score (nSPS) is 14.0. The number of hydrogen-bond donors (Lipinski definition) is 3. The van der Waals surface area contributed by atoms with Crippen molar-refractivity contribution in [2.45, 2.75) is 37.7 Å². The summed E-state index contributed by atoms with van der Waals surface area (Å²) in [6.07, 6.45) is 2.80. The molecule has 0 aliphatic carbocycles. The second kappa shape index (κ2) is 10.7. The first kappa shape index (κ1) is 23.8. The molecule has 170 valence electrons. The van der Waals surface area contributed by atoms with E-state index in [4.69, 9.17) is 0 Å². The highest BCUT2D eigenvalue weighted by atomic mass is 32.2. The lowest BCUT2D eigenvalue weighted by atomic mass is 9.99. The van der Waals surface area contributed by atoms with Gasteiger partial charge in [0.25, 0.3) is 0 Å². The number of benzene rings is 2. The highest BCUT2D eigenvalue weighted by Gasteiger charge is 2.25. The molecular weight excluding hydrogens is 426 g/mol. The highest BCUT2D eigenvalue weighted by Crippen LogP contribution is 2.31. The molecule has 1 heterocycles. The molecule has 3 amide bonds. The van der Waals surface area contributed by atoms with Gasteiger partial charge >= 0.3 is 11.8 Å². The number of thioether (sulfide) groups is 1. The Morgan fingerprint density at radius 2 is 1.81 bits per heavy atom. The van der Waals surface area contributed by atoms with Crippen LogP contribution in [0.15, 0.2) is 47.4 Å². The van der Waals surface area contributed by atoms with Crippen molar-refractivity contribution in [1.29, 1.82) is 0 Å². The number of carbonyl (C=O) groups excluding carboxylic acids is 3. The molecule has 0 radical (unpaired) electrons. The second-order valence-electron chi connectivity index (χ2n) is 8.04. The summed E-state index contributed by atoms with van der Waals surface area (Å²) in [6.45, 7) is 4.28. The fourth-order valence-electron chi connectivity index (χ4n) is 3.59. The van der Waals surface area contributed by atoms with Crippen LogP contribution in [0.2, 0.25) is 0 Å². The van der Waals surface area contributed by atoms with E-state index in [1.165, 1.54) is 0 Å². The molecule has 2 aromatic carbocycles. The molecule has 1 aliphatic rings. The average molecular weight is 456 g/mol. The van der Waals surface area contributed by atoms with Crippen LogP contribution in [-0.4, -0.2) is 42.2 Å². The Kier molecular flexibility index (Phi) is 7.93. The number of aliphatic hydroxyl groups is 1. The fourth-order valence-corrected chi connectivity index (χ4v) is 4.00. The van der Waals surface area contributed by atoms with Gasteiger partial charge in [0.2, 0.25) is 5.91 Å². The molecule has 0 saturated heterocycles. The third-order valence-corrected chi connectivity index (χ3v) is 6.13. The summed E-state index contributed by atoms with van der Waals surface area (Å²) in [5.74, 6) is -1.76.